The second-order valence-electron chi connectivity index (χ2n) is 5.10. The van der Waals surface area contributed by atoms with Crippen molar-refractivity contribution in [2.24, 2.45) is 0 Å². The van der Waals surface area contributed by atoms with Gasteiger partial charge in [0.25, 0.3) is 0 Å². The topological polar surface area (TPSA) is 107 Å². The number of hydrogen-bond donors (Lipinski definition) is 1. The number of benzene rings is 1. The average Bonchev–Trinajstić information content (AvgIpc) is 2.79. The Morgan fingerprint density at radius 1 is 1.35 bits per heavy atom. The molecule has 2 aromatic heterocycles. The number of aryl methyl sites for hydroxylation is 1. The highest BCUT2D eigenvalue weighted by Crippen LogP contribution is 2.27. The van der Waals surface area contributed by atoms with Crippen LogP contribution in [0.3, 0.4) is 0 Å². The van der Waals surface area contributed by atoms with Gasteiger partial charge in [-0.25, -0.2) is 9.97 Å². The maximum absolute atomic E-state index is 10.8. The first-order valence-electron chi connectivity index (χ1n) is 7.19. The van der Waals surface area contributed by atoms with Gasteiger partial charge in [0.05, 0.1) is 17.6 Å². The molecule has 0 aliphatic carbocycles. The number of fused-ring (bicyclic) bond motifs is 2. The van der Waals surface area contributed by atoms with Crippen LogP contribution in [-0.2, 0) is 16.1 Å². The van der Waals surface area contributed by atoms with Crippen LogP contribution in [0.4, 0.5) is 5.82 Å². The van der Waals surface area contributed by atoms with Gasteiger partial charge in [-0.1, -0.05) is 12.1 Å². The van der Waals surface area contributed by atoms with E-state index in [1.165, 1.54) is 6.92 Å². The predicted molar refractivity (Wildman–Crippen MR) is 85.4 cm³/mol. The van der Waals surface area contributed by atoms with E-state index in [9.17, 15) is 10.1 Å². The summed E-state index contributed by atoms with van der Waals surface area (Å²) in [5, 5.41) is 9.37. The molecule has 0 amide bonds. The second kappa shape index (κ2) is 5.93. The number of nitrogens with two attached hydrogens (primary N) is 1. The molecule has 0 saturated heterocycles. The molecule has 1 aromatic carbocycles. The van der Waals surface area contributed by atoms with Gasteiger partial charge in [-0.05, 0) is 18.6 Å². The highest BCUT2D eigenvalue weighted by atomic mass is 16.5. The van der Waals surface area contributed by atoms with Crippen molar-refractivity contribution in [2.45, 2.75) is 19.9 Å². The summed E-state index contributed by atoms with van der Waals surface area (Å²) in [5.41, 5.74) is 8.93. The number of carbonyl (C=O) groups excluding carboxylic acids is 1. The Labute approximate surface area is 132 Å². The SMILES string of the molecule is CC(=O)OCCCn1c(N)c(C#N)c2nc3ccccc3nc21. The largest absolute Gasteiger partial charge is 0.466 e. The molecule has 2 heterocycles. The number of esters is 1. The number of nitrogens with zero attached hydrogens (tertiary/aromatic N) is 4. The van der Waals surface area contributed by atoms with Gasteiger partial charge >= 0.3 is 5.97 Å². The number of rotatable bonds is 4. The van der Waals surface area contributed by atoms with Crippen LogP contribution < -0.4 is 5.73 Å². The summed E-state index contributed by atoms with van der Waals surface area (Å²) in [6.07, 6.45) is 0.576. The Bertz CT molecular complexity index is 939. The molecule has 0 bridgehead atoms. The van der Waals surface area contributed by atoms with Crippen LogP contribution in [0.5, 0.6) is 0 Å². The number of nitriles is 1. The highest BCUT2D eigenvalue weighted by Gasteiger charge is 2.18. The molecular weight excluding hydrogens is 294 g/mol. The maximum Gasteiger partial charge on any atom is 0.302 e. The van der Waals surface area contributed by atoms with E-state index in [-0.39, 0.29) is 12.6 Å². The molecule has 7 nitrogen and oxygen atoms in total. The minimum Gasteiger partial charge on any atom is -0.466 e. The van der Waals surface area contributed by atoms with Gasteiger partial charge in [-0.3, -0.25) is 4.79 Å². The number of anilines is 1. The summed E-state index contributed by atoms with van der Waals surface area (Å²) >= 11 is 0. The Balaban J connectivity index is 2.05. The zero-order valence-electron chi connectivity index (χ0n) is 12.6. The van der Waals surface area contributed by atoms with E-state index in [1.54, 1.807) is 4.57 Å². The van der Waals surface area contributed by atoms with Crippen molar-refractivity contribution >= 4 is 34.0 Å². The molecule has 0 spiro atoms. The summed E-state index contributed by atoms with van der Waals surface area (Å²) in [5.74, 6) is 0.0134. The van der Waals surface area contributed by atoms with E-state index >= 15 is 0 Å². The molecule has 0 saturated carbocycles. The van der Waals surface area contributed by atoms with Crippen molar-refractivity contribution in [2.75, 3.05) is 12.3 Å². The van der Waals surface area contributed by atoms with Gasteiger partial charge in [-0.2, -0.15) is 5.26 Å². The van der Waals surface area contributed by atoms with E-state index in [0.717, 1.165) is 5.52 Å². The monoisotopic (exact) mass is 309 g/mol. The molecule has 23 heavy (non-hydrogen) atoms. The van der Waals surface area contributed by atoms with Crippen molar-refractivity contribution in [3.63, 3.8) is 0 Å². The molecule has 3 aromatic rings. The third-order valence-electron chi connectivity index (χ3n) is 3.53. The van der Waals surface area contributed by atoms with E-state index < -0.39 is 0 Å². The smallest absolute Gasteiger partial charge is 0.302 e. The number of ether oxygens (including phenoxy) is 1. The van der Waals surface area contributed by atoms with Gasteiger partial charge < -0.3 is 15.0 Å². The van der Waals surface area contributed by atoms with Crippen molar-refractivity contribution in [3.8, 4) is 6.07 Å². The predicted octanol–water partition coefficient (Wildman–Crippen LogP) is 1.99. The normalized spacial score (nSPS) is 10.8. The minimum atomic E-state index is -0.321. The molecular formula is C16H15N5O2. The fourth-order valence-corrected chi connectivity index (χ4v) is 2.49. The first-order valence-corrected chi connectivity index (χ1v) is 7.19. The number of aromatic nitrogens is 3. The Morgan fingerprint density at radius 2 is 2.04 bits per heavy atom. The Kier molecular flexibility index (Phi) is 3.81. The van der Waals surface area contributed by atoms with E-state index in [1.807, 2.05) is 24.3 Å². The van der Waals surface area contributed by atoms with E-state index in [4.69, 9.17) is 10.5 Å². The molecule has 116 valence electrons. The van der Waals surface area contributed by atoms with Crippen LogP contribution in [0.1, 0.15) is 18.9 Å². The fraction of sp³-hybridized carbons (Fsp3) is 0.250. The first-order chi connectivity index (χ1) is 11.1. The minimum absolute atomic E-state index is 0.289. The zero-order chi connectivity index (χ0) is 16.4. The molecule has 0 atom stereocenters. The summed E-state index contributed by atoms with van der Waals surface area (Å²) in [6, 6.07) is 9.55. The molecule has 0 aliphatic rings. The van der Waals surface area contributed by atoms with E-state index in [2.05, 4.69) is 16.0 Å². The van der Waals surface area contributed by atoms with Crippen LogP contribution in [-0.4, -0.2) is 27.1 Å². The molecule has 7 heteroatoms. The molecule has 0 radical (unpaired) electrons. The Hall–Kier alpha value is -3.14. The second-order valence-corrected chi connectivity index (χ2v) is 5.10. The number of nitrogen functional groups attached to an aromatic ring is 1. The molecule has 2 N–H and O–H groups in total. The summed E-state index contributed by atoms with van der Waals surface area (Å²) < 4.78 is 6.67. The average molecular weight is 309 g/mol. The summed E-state index contributed by atoms with van der Waals surface area (Å²) in [4.78, 5) is 19.9. The number of hydrogen-bond acceptors (Lipinski definition) is 6. The van der Waals surface area contributed by atoms with Crippen molar-refractivity contribution in [1.29, 1.82) is 5.26 Å². The van der Waals surface area contributed by atoms with Gasteiger partial charge in [0.1, 0.15) is 23.0 Å². The van der Waals surface area contributed by atoms with Crippen LogP contribution in [0, 0.1) is 11.3 Å². The van der Waals surface area contributed by atoms with Gasteiger partial charge in [0.15, 0.2) is 5.65 Å². The van der Waals surface area contributed by atoms with Crippen LogP contribution in [0.25, 0.3) is 22.2 Å². The first kappa shape index (κ1) is 14.8. The summed E-state index contributed by atoms with van der Waals surface area (Å²) in [7, 11) is 0. The number of carbonyl (C=O) groups is 1. The standard InChI is InChI=1S/C16H15N5O2/c1-10(22)23-8-4-7-21-15(18)11(9-17)14-16(21)20-13-6-3-2-5-12(13)19-14/h2-3,5-6H,4,7-8,18H2,1H3. The summed E-state index contributed by atoms with van der Waals surface area (Å²) in [6.45, 7) is 2.15. The Morgan fingerprint density at radius 3 is 2.70 bits per heavy atom. The van der Waals surface area contributed by atoms with Crippen LogP contribution >= 0.6 is 0 Å². The van der Waals surface area contributed by atoms with Gasteiger partial charge in [-0.15, -0.1) is 0 Å². The molecule has 0 unspecified atom stereocenters. The lowest BCUT2D eigenvalue weighted by molar-refractivity contribution is -0.141. The molecule has 3 rings (SSSR count). The zero-order valence-corrected chi connectivity index (χ0v) is 12.6. The van der Waals surface area contributed by atoms with Crippen molar-refractivity contribution < 1.29 is 9.53 Å². The lowest BCUT2D eigenvalue weighted by Gasteiger charge is -2.07. The highest BCUT2D eigenvalue weighted by molar-refractivity contribution is 5.92. The van der Waals surface area contributed by atoms with Gasteiger partial charge in [0.2, 0.25) is 0 Å². The quantitative estimate of drug-likeness (QED) is 0.583. The van der Waals surface area contributed by atoms with Crippen LogP contribution in [0.15, 0.2) is 24.3 Å². The van der Waals surface area contributed by atoms with E-state index in [0.29, 0.717) is 41.0 Å². The van der Waals surface area contributed by atoms with Gasteiger partial charge in [0, 0.05) is 13.5 Å². The molecule has 0 aliphatic heterocycles. The number of para-hydroxylation sites is 2. The van der Waals surface area contributed by atoms with Crippen molar-refractivity contribution in [3.05, 3.63) is 29.8 Å². The third kappa shape index (κ3) is 2.66. The fourth-order valence-electron chi connectivity index (χ4n) is 2.49. The van der Waals surface area contributed by atoms with Crippen molar-refractivity contribution in [1.82, 2.24) is 14.5 Å². The lowest BCUT2D eigenvalue weighted by atomic mass is 10.2. The van der Waals surface area contributed by atoms with Crippen LogP contribution in [0.2, 0.25) is 0 Å². The third-order valence-corrected chi connectivity index (χ3v) is 3.53. The lowest BCUT2D eigenvalue weighted by Crippen LogP contribution is -2.08. The maximum atomic E-state index is 10.8. The molecule has 0 fully saturated rings.